The number of anilines is 1. The number of hydrogen-bond acceptors (Lipinski definition) is 3. The third-order valence-corrected chi connectivity index (χ3v) is 5.41. The molecule has 0 radical (unpaired) electrons. The van der Waals surface area contributed by atoms with Crippen LogP contribution in [0.1, 0.15) is 50.7 Å². The highest BCUT2D eigenvalue weighted by atomic mass is 16.5. The lowest BCUT2D eigenvalue weighted by Gasteiger charge is -2.16. The number of carbonyl (C=O) groups excluding carboxylic acids is 1. The molecule has 31 heavy (non-hydrogen) atoms. The predicted molar refractivity (Wildman–Crippen MR) is 126 cm³/mol. The summed E-state index contributed by atoms with van der Waals surface area (Å²) >= 11 is 0. The lowest BCUT2D eigenvalue weighted by Crippen LogP contribution is -2.14. The van der Waals surface area contributed by atoms with E-state index in [-0.39, 0.29) is 5.91 Å². The van der Waals surface area contributed by atoms with Crippen molar-refractivity contribution in [3.8, 4) is 11.5 Å². The number of hydrogen-bond donors (Lipinski definition) is 1. The number of aryl methyl sites for hydroxylation is 4. The van der Waals surface area contributed by atoms with E-state index in [2.05, 4.69) is 32.2 Å². The first kappa shape index (κ1) is 22.4. The normalized spacial score (nSPS) is 10.6. The molecule has 4 nitrogen and oxygen atoms in total. The van der Waals surface area contributed by atoms with Crippen molar-refractivity contribution < 1.29 is 14.3 Å². The van der Waals surface area contributed by atoms with E-state index in [9.17, 15) is 4.79 Å². The van der Waals surface area contributed by atoms with E-state index in [0.717, 1.165) is 45.0 Å². The van der Waals surface area contributed by atoms with Crippen LogP contribution in [-0.2, 0) is 6.61 Å². The van der Waals surface area contributed by atoms with Gasteiger partial charge in [0, 0.05) is 16.8 Å². The third kappa shape index (κ3) is 5.46. The molecular formula is C27H31NO3. The average molecular weight is 418 g/mol. The minimum atomic E-state index is -0.152. The Balaban J connectivity index is 1.85. The van der Waals surface area contributed by atoms with Gasteiger partial charge >= 0.3 is 0 Å². The minimum Gasteiger partial charge on any atom is -0.493 e. The molecule has 0 aliphatic carbocycles. The second-order valence-electron chi connectivity index (χ2n) is 8.02. The molecule has 0 bridgehead atoms. The van der Waals surface area contributed by atoms with Crippen molar-refractivity contribution in [2.45, 2.75) is 48.1 Å². The lowest BCUT2D eigenvalue weighted by atomic mass is 10.1. The standard InChI is InChI=1S/C27H31NO3/c1-7-30-25-11-10-22(27(29)28-24-13-17(2)8-9-19(24)4)15-23(25)16-31-26-14-18(3)12-20(5)21(26)6/h8-15H,7,16H2,1-6H3,(H,28,29). The van der Waals surface area contributed by atoms with Gasteiger partial charge in [-0.1, -0.05) is 18.2 Å². The average Bonchev–Trinajstić information content (AvgIpc) is 2.73. The van der Waals surface area contributed by atoms with E-state index in [1.54, 1.807) is 6.07 Å². The zero-order chi connectivity index (χ0) is 22.5. The fourth-order valence-corrected chi connectivity index (χ4v) is 3.50. The van der Waals surface area contributed by atoms with E-state index < -0.39 is 0 Å². The van der Waals surface area contributed by atoms with E-state index in [1.165, 1.54) is 5.56 Å². The highest BCUT2D eigenvalue weighted by Crippen LogP contribution is 2.27. The number of benzene rings is 3. The quantitative estimate of drug-likeness (QED) is 0.480. The minimum absolute atomic E-state index is 0.152. The number of amides is 1. The van der Waals surface area contributed by atoms with E-state index in [1.807, 2.05) is 57.2 Å². The Kier molecular flexibility index (Phi) is 7.01. The van der Waals surface area contributed by atoms with Gasteiger partial charge in [0.15, 0.2) is 0 Å². The summed E-state index contributed by atoms with van der Waals surface area (Å²) < 4.78 is 11.9. The van der Waals surface area contributed by atoms with Crippen LogP contribution in [0.25, 0.3) is 0 Å². The Bertz CT molecular complexity index is 1100. The fourth-order valence-electron chi connectivity index (χ4n) is 3.50. The molecule has 1 N–H and O–H groups in total. The molecule has 1 amide bonds. The molecule has 0 unspecified atom stereocenters. The van der Waals surface area contributed by atoms with Crippen LogP contribution in [-0.4, -0.2) is 12.5 Å². The first-order valence-electron chi connectivity index (χ1n) is 10.6. The van der Waals surface area contributed by atoms with Crippen molar-refractivity contribution in [2.24, 2.45) is 0 Å². The molecule has 0 heterocycles. The van der Waals surface area contributed by atoms with Crippen LogP contribution in [0, 0.1) is 34.6 Å². The van der Waals surface area contributed by atoms with Gasteiger partial charge in [-0.15, -0.1) is 0 Å². The van der Waals surface area contributed by atoms with Crippen molar-refractivity contribution in [1.82, 2.24) is 0 Å². The SMILES string of the molecule is CCOc1ccc(C(=O)Nc2cc(C)ccc2C)cc1COc1cc(C)cc(C)c1C. The summed E-state index contributed by atoms with van der Waals surface area (Å²) in [5.41, 5.74) is 7.83. The predicted octanol–water partition coefficient (Wildman–Crippen LogP) is 6.46. The Labute approximate surface area is 185 Å². The summed E-state index contributed by atoms with van der Waals surface area (Å²) in [5, 5.41) is 3.02. The number of rotatable bonds is 7. The molecule has 0 aliphatic heterocycles. The highest BCUT2D eigenvalue weighted by molar-refractivity contribution is 6.04. The molecule has 162 valence electrons. The monoisotopic (exact) mass is 417 g/mol. The summed E-state index contributed by atoms with van der Waals surface area (Å²) in [4.78, 5) is 12.9. The van der Waals surface area contributed by atoms with Gasteiger partial charge in [-0.05, 0) is 99.7 Å². The van der Waals surface area contributed by atoms with Crippen LogP contribution in [0.3, 0.4) is 0 Å². The van der Waals surface area contributed by atoms with E-state index in [0.29, 0.717) is 18.8 Å². The van der Waals surface area contributed by atoms with Gasteiger partial charge in [-0.25, -0.2) is 0 Å². The Hall–Kier alpha value is -3.27. The topological polar surface area (TPSA) is 47.6 Å². The Morgan fingerprint density at radius 2 is 1.58 bits per heavy atom. The molecule has 0 atom stereocenters. The van der Waals surface area contributed by atoms with Gasteiger partial charge in [0.05, 0.1) is 6.61 Å². The highest BCUT2D eigenvalue weighted by Gasteiger charge is 2.14. The molecule has 4 heteroatoms. The third-order valence-electron chi connectivity index (χ3n) is 5.41. The first-order chi connectivity index (χ1) is 14.8. The number of nitrogens with one attached hydrogen (secondary N) is 1. The molecule has 3 aromatic carbocycles. The van der Waals surface area contributed by atoms with Crippen LogP contribution in [0.15, 0.2) is 48.5 Å². The number of ether oxygens (including phenoxy) is 2. The van der Waals surface area contributed by atoms with E-state index >= 15 is 0 Å². The molecule has 0 aromatic heterocycles. The van der Waals surface area contributed by atoms with Crippen molar-refractivity contribution in [2.75, 3.05) is 11.9 Å². The summed E-state index contributed by atoms with van der Waals surface area (Å²) in [6, 6.07) is 15.7. The van der Waals surface area contributed by atoms with E-state index in [4.69, 9.17) is 9.47 Å². The molecule has 0 saturated carbocycles. The smallest absolute Gasteiger partial charge is 0.255 e. The van der Waals surface area contributed by atoms with Gasteiger partial charge < -0.3 is 14.8 Å². The van der Waals surface area contributed by atoms with Crippen molar-refractivity contribution in [1.29, 1.82) is 0 Å². The summed E-state index contributed by atoms with van der Waals surface area (Å²) in [6.07, 6.45) is 0. The molecule has 0 fully saturated rings. The summed E-state index contributed by atoms with van der Waals surface area (Å²) in [6.45, 7) is 13.0. The van der Waals surface area contributed by atoms with Gasteiger partial charge in [-0.3, -0.25) is 4.79 Å². The van der Waals surface area contributed by atoms with Crippen LogP contribution < -0.4 is 14.8 Å². The second kappa shape index (κ2) is 9.69. The summed E-state index contributed by atoms with van der Waals surface area (Å²) in [5.74, 6) is 1.43. The Morgan fingerprint density at radius 1 is 0.806 bits per heavy atom. The molecular weight excluding hydrogens is 386 g/mol. The zero-order valence-electron chi connectivity index (χ0n) is 19.3. The first-order valence-corrected chi connectivity index (χ1v) is 10.6. The van der Waals surface area contributed by atoms with Gasteiger partial charge in [0.2, 0.25) is 0 Å². The Morgan fingerprint density at radius 3 is 2.32 bits per heavy atom. The molecule has 3 rings (SSSR count). The van der Waals surface area contributed by atoms with Crippen molar-refractivity contribution in [3.05, 3.63) is 87.5 Å². The van der Waals surface area contributed by atoms with Crippen LogP contribution in [0.4, 0.5) is 5.69 Å². The van der Waals surface area contributed by atoms with Crippen LogP contribution in [0.2, 0.25) is 0 Å². The van der Waals surface area contributed by atoms with Gasteiger partial charge in [0.1, 0.15) is 18.1 Å². The maximum absolute atomic E-state index is 12.9. The van der Waals surface area contributed by atoms with Gasteiger partial charge in [0.25, 0.3) is 5.91 Å². The zero-order valence-corrected chi connectivity index (χ0v) is 19.3. The molecule has 0 aliphatic rings. The molecule has 0 spiro atoms. The lowest BCUT2D eigenvalue weighted by molar-refractivity contribution is 0.102. The summed E-state index contributed by atoms with van der Waals surface area (Å²) in [7, 11) is 0. The van der Waals surface area contributed by atoms with Crippen molar-refractivity contribution in [3.63, 3.8) is 0 Å². The van der Waals surface area contributed by atoms with Crippen molar-refractivity contribution >= 4 is 11.6 Å². The van der Waals surface area contributed by atoms with Crippen LogP contribution >= 0.6 is 0 Å². The maximum atomic E-state index is 12.9. The van der Waals surface area contributed by atoms with Crippen LogP contribution in [0.5, 0.6) is 11.5 Å². The maximum Gasteiger partial charge on any atom is 0.255 e. The molecule has 0 saturated heterocycles. The fraction of sp³-hybridized carbons (Fsp3) is 0.296. The molecule has 3 aromatic rings. The van der Waals surface area contributed by atoms with Gasteiger partial charge in [-0.2, -0.15) is 0 Å². The second-order valence-corrected chi connectivity index (χ2v) is 8.02. The largest absolute Gasteiger partial charge is 0.493 e. The number of carbonyl (C=O) groups is 1.